The number of carboxylic acids is 1. The minimum absolute atomic E-state index is 0.356. The summed E-state index contributed by atoms with van der Waals surface area (Å²) in [6.45, 7) is 3.40. The van der Waals surface area contributed by atoms with E-state index in [0.29, 0.717) is 5.52 Å². The van der Waals surface area contributed by atoms with Crippen molar-refractivity contribution in [2.45, 2.75) is 19.9 Å². The topological polar surface area (TPSA) is 42.2 Å². The molecule has 0 saturated heterocycles. The summed E-state index contributed by atoms with van der Waals surface area (Å²) in [5.41, 5.74) is 1.29. The summed E-state index contributed by atoms with van der Waals surface area (Å²) in [5, 5.41) is 9.69. The van der Waals surface area contributed by atoms with E-state index in [9.17, 15) is 9.18 Å². The van der Waals surface area contributed by atoms with Crippen LogP contribution in [0.5, 0.6) is 0 Å². The molecule has 1 aromatic carbocycles. The molecule has 84 valence electrons. The van der Waals surface area contributed by atoms with Crippen LogP contribution in [0.3, 0.4) is 0 Å². The lowest BCUT2D eigenvalue weighted by molar-refractivity contribution is -0.140. The number of nitrogens with zero attached hydrogens (tertiary/aromatic N) is 1. The Labute approximate surface area is 92.1 Å². The maximum atomic E-state index is 13.7. The standard InChI is InChI=1S/C12H12FNO2/c1-7-3-4-10(13)11-9(7)5-6-14(11)8(2)12(15)16/h3-6,8H,1-2H3,(H,15,16). The minimum atomic E-state index is -0.974. The average Bonchev–Trinajstić information content (AvgIpc) is 2.67. The highest BCUT2D eigenvalue weighted by molar-refractivity contribution is 5.86. The third-order valence-electron chi connectivity index (χ3n) is 2.82. The molecule has 0 aliphatic carbocycles. The molecule has 1 unspecified atom stereocenters. The summed E-state index contributed by atoms with van der Waals surface area (Å²) in [5.74, 6) is -1.36. The molecule has 0 aliphatic rings. The lowest BCUT2D eigenvalue weighted by atomic mass is 10.1. The third-order valence-corrected chi connectivity index (χ3v) is 2.82. The molecule has 1 aromatic heterocycles. The van der Waals surface area contributed by atoms with Gasteiger partial charge in [-0.15, -0.1) is 0 Å². The van der Waals surface area contributed by atoms with Crippen molar-refractivity contribution in [3.05, 3.63) is 35.8 Å². The number of aliphatic carboxylic acids is 1. The number of hydrogen-bond donors (Lipinski definition) is 1. The van der Waals surface area contributed by atoms with Gasteiger partial charge in [0.1, 0.15) is 11.9 Å². The Morgan fingerprint density at radius 1 is 1.44 bits per heavy atom. The molecular weight excluding hydrogens is 209 g/mol. The van der Waals surface area contributed by atoms with E-state index in [-0.39, 0.29) is 0 Å². The highest BCUT2D eigenvalue weighted by Crippen LogP contribution is 2.25. The summed E-state index contributed by atoms with van der Waals surface area (Å²) < 4.78 is 15.1. The van der Waals surface area contributed by atoms with Crippen molar-refractivity contribution < 1.29 is 14.3 Å². The molecule has 0 radical (unpaired) electrons. The van der Waals surface area contributed by atoms with Crippen LogP contribution in [0.1, 0.15) is 18.5 Å². The molecule has 1 heterocycles. The Balaban J connectivity index is 2.73. The molecule has 0 amide bonds. The number of fused-ring (bicyclic) bond motifs is 1. The zero-order chi connectivity index (χ0) is 11.9. The van der Waals surface area contributed by atoms with Crippen molar-refractivity contribution in [1.29, 1.82) is 0 Å². The number of carboxylic acid groups (broad SMARTS) is 1. The van der Waals surface area contributed by atoms with Crippen LogP contribution < -0.4 is 0 Å². The maximum Gasteiger partial charge on any atom is 0.326 e. The van der Waals surface area contributed by atoms with Crippen LogP contribution in [-0.2, 0) is 4.79 Å². The van der Waals surface area contributed by atoms with E-state index in [2.05, 4.69) is 0 Å². The second kappa shape index (κ2) is 3.63. The van der Waals surface area contributed by atoms with Crippen LogP contribution in [0, 0.1) is 12.7 Å². The molecule has 1 atom stereocenters. The molecule has 0 saturated carbocycles. The highest BCUT2D eigenvalue weighted by atomic mass is 19.1. The van der Waals surface area contributed by atoms with Gasteiger partial charge in [0, 0.05) is 11.6 Å². The molecule has 0 aliphatic heterocycles. The van der Waals surface area contributed by atoms with E-state index >= 15 is 0 Å². The van der Waals surface area contributed by atoms with E-state index in [4.69, 9.17) is 5.11 Å². The monoisotopic (exact) mass is 221 g/mol. The van der Waals surface area contributed by atoms with Gasteiger partial charge in [0.05, 0.1) is 5.52 Å². The normalized spacial score (nSPS) is 12.9. The second-order valence-corrected chi connectivity index (χ2v) is 3.86. The van der Waals surface area contributed by atoms with Gasteiger partial charge in [-0.3, -0.25) is 0 Å². The first-order chi connectivity index (χ1) is 7.52. The van der Waals surface area contributed by atoms with Crippen molar-refractivity contribution in [2.24, 2.45) is 0 Å². The first kappa shape index (κ1) is 10.7. The SMILES string of the molecule is Cc1ccc(F)c2c1ccn2C(C)C(=O)O. The molecule has 0 bridgehead atoms. The van der Waals surface area contributed by atoms with Crippen LogP contribution >= 0.6 is 0 Å². The molecule has 16 heavy (non-hydrogen) atoms. The first-order valence-electron chi connectivity index (χ1n) is 5.01. The number of halogens is 1. The average molecular weight is 221 g/mol. The Hall–Kier alpha value is -1.84. The number of aromatic nitrogens is 1. The predicted molar refractivity (Wildman–Crippen MR) is 59.0 cm³/mol. The Morgan fingerprint density at radius 2 is 2.12 bits per heavy atom. The smallest absolute Gasteiger partial charge is 0.326 e. The second-order valence-electron chi connectivity index (χ2n) is 3.86. The molecule has 1 N–H and O–H groups in total. The van der Waals surface area contributed by atoms with E-state index in [1.807, 2.05) is 6.92 Å². The minimum Gasteiger partial charge on any atom is -0.480 e. The quantitative estimate of drug-likeness (QED) is 0.847. The van der Waals surface area contributed by atoms with Gasteiger partial charge in [0.2, 0.25) is 0 Å². The van der Waals surface area contributed by atoms with Gasteiger partial charge in [0.15, 0.2) is 0 Å². The molecule has 0 spiro atoms. The fourth-order valence-electron chi connectivity index (χ4n) is 1.83. The van der Waals surface area contributed by atoms with E-state index in [1.54, 1.807) is 18.3 Å². The fourth-order valence-corrected chi connectivity index (χ4v) is 1.83. The lowest BCUT2D eigenvalue weighted by Crippen LogP contribution is -2.14. The highest BCUT2D eigenvalue weighted by Gasteiger charge is 2.17. The third kappa shape index (κ3) is 1.46. The Kier molecular flexibility index (Phi) is 2.42. The number of hydrogen-bond acceptors (Lipinski definition) is 1. The van der Waals surface area contributed by atoms with Gasteiger partial charge in [-0.25, -0.2) is 9.18 Å². The zero-order valence-corrected chi connectivity index (χ0v) is 9.07. The van der Waals surface area contributed by atoms with Gasteiger partial charge in [-0.2, -0.15) is 0 Å². The van der Waals surface area contributed by atoms with Crippen LogP contribution in [-0.4, -0.2) is 15.6 Å². The summed E-state index contributed by atoms with van der Waals surface area (Å²) in [7, 11) is 0. The van der Waals surface area contributed by atoms with Crippen molar-refractivity contribution in [3.8, 4) is 0 Å². The van der Waals surface area contributed by atoms with Crippen LogP contribution in [0.25, 0.3) is 10.9 Å². The predicted octanol–water partition coefficient (Wildman–Crippen LogP) is 2.73. The summed E-state index contributed by atoms with van der Waals surface area (Å²) in [6.07, 6.45) is 1.61. The van der Waals surface area contributed by atoms with Crippen molar-refractivity contribution in [3.63, 3.8) is 0 Å². The van der Waals surface area contributed by atoms with Crippen molar-refractivity contribution in [1.82, 2.24) is 4.57 Å². The van der Waals surface area contributed by atoms with Gasteiger partial charge in [-0.05, 0) is 31.5 Å². The molecule has 2 rings (SSSR count). The van der Waals surface area contributed by atoms with Crippen LogP contribution in [0.2, 0.25) is 0 Å². The van der Waals surface area contributed by atoms with Crippen LogP contribution in [0.4, 0.5) is 4.39 Å². The number of aryl methyl sites for hydroxylation is 1. The summed E-state index contributed by atoms with van der Waals surface area (Å²) in [4.78, 5) is 10.9. The summed E-state index contributed by atoms with van der Waals surface area (Å²) >= 11 is 0. The Morgan fingerprint density at radius 3 is 2.75 bits per heavy atom. The van der Waals surface area contributed by atoms with Gasteiger partial charge in [0.25, 0.3) is 0 Å². The van der Waals surface area contributed by atoms with Gasteiger partial charge < -0.3 is 9.67 Å². The zero-order valence-electron chi connectivity index (χ0n) is 9.07. The van der Waals surface area contributed by atoms with Crippen LogP contribution in [0.15, 0.2) is 24.4 Å². The summed E-state index contributed by atoms with van der Waals surface area (Å²) in [6, 6.07) is 4.03. The number of benzene rings is 1. The molecular formula is C12H12FNO2. The van der Waals surface area contributed by atoms with E-state index < -0.39 is 17.8 Å². The first-order valence-corrected chi connectivity index (χ1v) is 5.01. The Bertz CT molecular complexity index is 559. The molecule has 3 nitrogen and oxygen atoms in total. The van der Waals surface area contributed by atoms with Gasteiger partial charge >= 0.3 is 5.97 Å². The number of rotatable bonds is 2. The van der Waals surface area contributed by atoms with E-state index in [0.717, 1.165) is 10.9 Å². The van der Waals surface area contributed by atoms with E-state index in [1.165, 1.54) is 17.6 Å². The largest absolute Gasteiger partial charge is 0.480 e. The molecule has 0 fully saturated rings. The fraction of sp³-hybridized carbons (Fsp3) is 0.250. The van der Waals surface area contributed by atoms with Crippen molar-refractivity contribution >= 4 is 16.9 Å². The molecule has 2 aromatic rings. The lowest BCUT2D eigenvalue weighted by Gasteiger charge is -2.11. The van der Waals surface area contributed by atoms with Crippen molar-refractivity contribution in [2.75, 3.05) is 0 Å². The molecule has 4 heteroatoms. The van der Waals surface area contributed by atoms with Gasteiger partial charge in [-0.1, -0.05) is 6.07 Å². The number of carbonyl (C=O) groups is 1. The maximum absolute atomic E-state index is 13.7.